The Hall–Kier alpha value is -1.10. The summed E-state index contributed by atoms with van der Waals surface area (Å²) in [6.45, 7) is 3.57. The molecule has 1 aliphatic carbocycles. The van der Waals surface area contributed by atoms with E-state index in [2.05, 4.69) is 10.6 Å². The molecule has 0 aromatic heterocycles. The van der Waals surface area contributed by atoms with Gasteiger partial charge >= 0.3 is 5.97 Å². The highest BCUT2D eigenvalue weighted by Crippen LogP contribution is 2.28. The third-order valence-electron chi connectivity index (χ3n) is 4.28. The molecule has 18 heavy (non-hydrogen) atoms. The third-order valence-corrected chi connectivity index (χ3v) is 4.28. The van der Waals surface area contributed by atoms with Crippen LogP contribution >= 0.6 is 0 Å². The van der Waals surface area contributed by atoms with Gasteiger partial charge in [0.1, 0.15) is 0 Å². The van der Waals surface area contributed by atoms with Crippen LogP contribution in [-0.2, 0) is 9.59 Å². The maximum atomic E-state index is 12.2. The van der Waals surface area contributed by atoms with Crippen molar-refractivity contribution in [1.29, 1.82) is 0 Å². The van der Waals surface area contributed by atoms with Gasteiger partial charge in [0.25, 0.3) is 0 Å². The fourth-order valence-corrected chi connectivity index (χ4v) is 2.92. The van der Waals surface area contributed by atoms with Crippen LogP contribution in [-0.4, -0.2) is 36.1 Å². The molecule has 0 bridgehead atoms. The van der Waals surface area contributed by atoms with E-state index in [1.165, 1.54) is 0 Å². The van der Waals surface area contributed by atoms with Crippen molar-refractivity contribution in [3.8, 4) is 0 Å². The summed E-state index contributed by atoms with van der Waals surface area (Å²) in [5.41, 5.74) is -0.323. The van der Waals surface area contributed by atoms with Gasteiger partial charge in [0, 0.05) is 12.6 Å². The molecule has 1 aliphatic heterocycles. The highest BCUT2D eigenvalue weighted by molar-refractivity contribution is 5.83. The average molecular weight is 254 g/mol. The lowest BCUT2D eigenvalue weighted by atomic mass is 9.84. The van der Waals surface area contributed by atoms with Crippen LogP contribution in [0.3, 0.4) is 0 Å². The lowest BCUT2D eigenvalue weighted by Gasteiger charge is -2.31. The van der Waals surface area contributed by atoms with Crippen molar-refractivity contribution in [1.82, 2.24) is 10.6 Å². The smallest absolute Gasteiger partial charge is 0.306 e. The van der Waals surface area contributed by atoms with Crippen molar-refractivity contribution in [3.63, 3.8) is 0 Å². The summed E-state index contributed by atoms with van der Waals surface area (Å²) < 4.78 is 0. The Morgan fingerprint density at radius 2 is 2.17 bits per heavy atom. The van der Waals surface area contributed by atoms with Gasteiger partial charge in [-0.2, -0.15) is 0 Å². The van der Waals surface area contributed by atoms with E-state index >= 15 is 0 Å². The number of carboxylic acid groups (broad SMARTS) is 1. The topological polar surface area (TPSA) is 78.4 Å². The van der Waals surface area contributed by atoms with E-state index in [1.54, 1.807) is 0 Å². The first-order chi connectivity index (χ1) is 8.51. The Morgan fingerprint density at radius 3 is 2.78 bits per heavy atom. The fourth-order valence-electron chi connectivity index (χ4n) is 2.92. The van der Waals surface area contributed by atoms with Crippen molar-refractivity contribution in [2.75, 3.05) is 13.1 Å². The van der Waals surface area contributed by atoms with Gasteiger partial charge in [-0.15, -0.1) is 0 Å². The van der Waals surface area contributed by atoms with E-state index in [9.17, 15) is 9.59 Å². The standard InChI is InChI=1S/C13H22N2O3/c1-13(5-6-14-8-13)12(18)15-10-4-2-3-9(7-10)11(16)17/h9-10,14H,2-8H2,1H3,(H,15,18)(H,16,17). The zero-order chi connectivity index (χ0) is 13.2. The molecule has 2 rings (SSSR count). The van der Waals surface area contributed by atoms with Gasteiger partial charge in [0.15, 0.2) is 0 Å². The Kier molecular flexibility index (Phi) is 3.90. The van der Waals surface area contributed by atoms with Crippen molar-refractivity contribution in [2.24, 2.45) is 11.3 Å². The molecular weight excluding hydrogens is 232 g/mol. The average Bonchev–Trinajstić information content (AvgIpc) is 2.78. The van der Waals surface area contributed by atoms with E-state index in [4.69, 9.17) is 5.11 Å². The van der Waals surface area contributed by atoms with Gasteiger partial charge < -0.3 is 15.7 Å². The number of nitrogens with one attached hydrogen (secondary N) is 2. The normalized spacial score (nSPS) is 36.3. The second-order valence-electron chi connectivity index (χ2n) is 5.86. The quantitative estimate of drug-likeness (QED) is 0.694. The zero-order valence-electron chi connectivity index (χ0n) is 10.9. The van der Waals surface area contributed by atoms with Crippen molar-refractivity contribution in [3.05, 3.63) is 0 Å². The number of amides is 1. The fraction of sp³-hybridized carbons (Fsp3) is 0.846. The molecule has 5 nitrogen and oxygen atoms in total. The van der Waals surface area contributed by atoms with Crippen LogP contribution in [0.25, 0.3) is 0 Å². The van der Waals surface area contributed by atoms with Crippen LogP contribution in [0.1, 0.15) is 39.0 Å². The van der Waals surface area contributed by atoms with Crippen LogP contribution in [0.4, 0.5) is 0 Å². The molecule has 0 spiro atoms. The van der Waals surface area contributed by atoms with Gasteiger partial charge in [-0.3, -0.25) is 9.59 Å². The first-order valence-corrected chi connectivity index (χ1v) is 6.76. The number of aliphatic carboxylic acids is 1. The Labute approximate surface area is 107 Å². The van der Waals surface area contributed by atoms with Gasteiger partial charge in [0.05, 0.1) is 11.3 Å². The molecule has 2 fully saturated rings. The summed E-state index contributed by atoms with van der Waals surface area (Å²) in [6.07, 6.45) is 3.95. The lowest BCUT2D eigenvalue weighted by molar-refractivity contribution is -0.143. The van der Waals surface area contributed by atoms with E-state index in [-0.39, 0.29) is 23.3 Å². The molecule has 1 saturated carbocycles. The number of carboxylic acids is 1. The molecule has 5 heteroatoms. The molecule has 0 radical (unpaired) electrons. The maximum absolute atomic E-state index is 12.2. The molecule has 2 aliphatic rings. The summed E-state index contributed by atoms with van der Waals surface area (Å²) in [6, 6.07) is 0.0322. The van der Waals surface area contributed by atoms with Crippen LogP contribution < -0.4 is 10.6 Å². The Balaban J connectivity index is 1.89. The zero-order valence-corrected chi connectivity index (χ0v) is 10.9. The van der Waals surface area contributed by atoms with E-state index in [1.807, 2.05) is 6.92 Å². The Morgan fingerprint density at radius 1 is 1.39 bits per heavy atom. The SMILES string of the molecule is CC1(C(=O)NC2CCCC(C(=O)O)C2)CCNC1. The van der Waals surface area contributed by atoms with Gasteiger partial charge in [-0.05, 0) is 39.2 Å². The first kappa shape index (κ1) is 13.3. The number of hydrogen-bond donors (Lipinski definition) is 3. The highest BCUT2D eigenvalue weighted by atomic mass is 16.4. The van der Waals surface area contributed by atoms with Gasteiger partial charge in [0.2, 0.25) is 5.91 Å². The van der Waals surface area contributed by atoms with Crippen molar-refractivity contribution >= 4 is 11.9 Å². The molecule has 1 heterocycles. The molecular formula is C13H22N2O3. The monoisotopic (exact) mass is 254 g/mol. The van der Waals surface area contributed by atoms with Crippen LogP contribution in [0.5, 0.6) is 0 Å². The minimum atomic E-state index is -0.734. The minimum absolute atomic E-state index is 0.0322. The molecule has 3 N–H and O–H groups in total. The largest absolute Gasteiger partial charge is 0.481 e. The maximum Gasteiger partial charge on any atom is 0.306 e. The molecule has 102 valence electrons. The summed E-state index contributed by atoms with van der Waals surface area (Å²) in [7, 11) is 0. The van der Waals surface area contributed by atoms with Crippen molar-refractivity contribution in [2.45, 2.75) is 45.1 Å². The van der Waals surface area contributed by atoms with Crippen molar-refractivity contribution < 1.29 is 14.7 Å². The second-order valence-corrected chi connectivity index (χ2v) is 5.86. The number of hydrogen-bond acceptors (Lipinski definition) is 3. The molecule has 3 unspecified atom stereocenters. The predicted molar refractivity (Wildman–Crippen MR) is 67.1 cm³/mol. The molecule has 1 saturated heterocycles. The summed E-state index contributed by atoms with van der Waals surface area (Å²) in [5.74, 6) is -0.954. The lowest BCUT2D eigenvalue weighted by Crippen LogP contribution is -2.47. The number of rotatable bonds is 3. The van der Waals surface area contributed by atoms with E-state index in [0.29, 0.717) is 13.0 Å². The predicted octanol–water partition coefficient (Wildman–Crippen LogP) is 0.746. The second kappa shape index (κ2) is 5.26. The highest BCUT2D eigenvalue weighted by Gasteiger charge is 2.38. The first-order valence-electron chi connectivity index (χ1n) is 6.76. The third kappa shape index (κ3) is 2.83. The summed E-state index contributed by atoms with van der Waals surface area (Å²) in [5, 5.41) is 15.3. The van der Waals surface area contributed by atoms with Crippen LogP contribution in [0.15, 0.2) is 0 Å². The van der Waals surface area contributed by atoms with Gasteiger partial charge in [-0.1, -0.05) is 6.42 Å². The number of carbonyl (C=O) groups is 2. The van der Waals surface area contributed by atoms with E-state index in [0.717, 1.165) is 32.2 Å². The van der Waals surface area contributed by atoms with Gasteiger partial charge in [-0.25, -0.2) is 0 Å². The van der Waals surface area contributed by atoms with E-state index < -0.39 is 5.97 Å². The van der Waals surface area contributed by atoms with Crippen LogP contribution in [0, 0.1) is 11.3 Å². The number of carbonyl (C=O) groups excluding carboxylic acids is 1. The molecule has 0 aromatic carbocycles. The van der Waals surface area contributed by atoms with Crippen LogP contribution in [0.2, 0.25) is 0 Å². The molecule has 1 amide bonds. The molecule has 3 atom stereocenters. The minimum Gasteiger partial charge on any atom is -0.481 e. The summed E-state index contributed by atoms with van der Waals surface area (Å²) >= 11 is 0. The molecule has 0 aromatic rings. The summed E-state index contributed by atoms with van der Waals surface area (Å²) in [4.78, 5) is 23.2. The Bertz CT molecular complexity index is 337.